The molecule has 0 aliphatic heterocycles. The largest absolute Gasteiger partial charge is 0.337 e. The summed E-state index contributed by atoms with van der Waals surface area (Å²) in [7, 11) is 0. The van der Waals surface area contributed by atoms with Gasteiger partial charge >= 0.3 is 0 Å². The molecule has 0 bridgehead atoms. The number of H-pyrrole nitrogens is 1. The molecule has 0 atom stereocenters. The van der Waals surface area contributed by atoms with Crippen molar-refractivity contribution in [3.63, 3.8) is 0 Å². The lowest BCUT2D eigenvalue weighted by molar-refractivity contribution is 1.17. The van der Waals surface area contributed by atoms with Crippen molar-refractivity contribution < 1.29 is 0 Å². The summed E-state index contributed by atoms with van der Waals surface area (Å²) in [6.45, 7) is 0. The van der Waals surface area contributed by atoms with Crippen molar-refractivity contribution in [2.75, 3.05) is 5.75 Å². The summed E-state index contributed by atoms with van der Waals surface area (Å²) in [4.78, 5) is 9.14. The number of imidazole rings is 1. The number of nitrogens with one attached hydrogen (secondary N) is 1. The van der Waals surface area contributed by atoms with Crippen LogP contribution in [0.5, 0.6) is 0 Å². The highest BCUT2D eigenvalue weighted by molar-refractivity contribution is 7.80. The number of aromatic amines is 1. The van der Waals surface area contributed by atoms with Crippen molar-refractivity contribution in [3.05, 3.63) is 41.3 Å². The van der Waals surface area contributed by atoms with Crippen LogP contribution in [0.15, 0.2) is 35.7 Å². The minimum atomic E-state index is 0.872. The van der Waals surface area contributed by atoms with E-state index < -0.39 is 0 Å². The Morgan fingerprint density at radius 2 is 2.24 bits per heavy atom. The third-order valence-electron chi connectivity index (χ3n) is 2.70. The first kappa shape index (κ1) is 10.9. The lowest BCUT2D eigenvalue weighted by Gasteiger charge is -1.96. The predicted molar refractivity (Wildman–Crippen MR) is 77.0 cm³/mol. The van der Waals surface area contributed by atoms with Crippen LogP contribution in [-0.2, 0) is 6.42 Å². The summed E-state index contributed by atoms with van der Waals surface area (Å²) in [6.07, 6.45) is 0.992. The fraction of sp³-hybridized carbons (Fsp3) is 0.154. The molecule has 0 saturated carbocycles. The SMILES string of the molecule is SCCc1ccc2nc(-c3cccs3)[nH]c2c1. The minimum Gasteiger partial charge on any atom is -0.337 e. The van der Waals surface area contributed by atoms with E-state index in [4.69, 9.17) is 0 Å². The van der Waals surface area contributed by atoms with E-state index in [0.717, 1.165) is 29.0 Å². The summed E-state index contributed by atoms with van der Waals surface area (Å²) < 4.78 is 0. The van der Waals surface area contributed by atoms with E-state index in [2.05, 4.69) is 52.2 Å². The number of thiophene rings is 1. The van der Waals surface area contributed by atoms with Crippen LogP contribution in [0.1, 0.15) is 5.56 Å². The lowest BCUT2D eigenvalue weighted by Crippen LogP contribution is -1.85. The van der Waals surface area contributed by atoms with Crippen molar-refractivity contribution >= 4 is 35.0 Å². The van der Waals surface area contributed by atoms with E-state index in [1.54, 1.807) is 11.3 Å². The number of fused-ring (bicyclic) bond motifs is 1. The number of hydrogen-bond donors (Lipinski definition) is 2. The highest BCUT2D eigenvalue weighted by Gasteiger charge is 2.06. The molecule has 2 nitrogen and oxygen atoms in total. The first-order valence-electron chi connectivity index (χ1n) is 5.50. The second kappa shape index (κ2) is 4.55. The van der Waals surface area contributed by atoms with E-state index >= 15 is 0 Å². The maximum Gasteiger partial charge on any atom is 0.148 e. The highest BCUT2D eigenvalue weighted by atomic mass is 32.1. The Bertz CT molecular complexity index is 626. The van der Waals surface area contributed by atoms with Crippen LogP contribution in [-0.4, -0.2) is 15.7 Å². The third-order valence-corrected chi connectivity index (χ3v) is 3.80. The zero-order valence-corrected chi connectivity index (χ0v) is 10.9. The Labute approximate surface area is 109 Å². The van der Waals surface area contributed by atoms with Crippen molar-refractivity contribution in [2.45, 2.75) is 6.42 Å². The standard InChI is InChI=1S/C13H12N2S2/c16-6-5-9-3-4-10-11(8-9)15-13(14-10)12-2-1-7-17-12/h1-4,7-8,16H,5-6H2,(H,14,15). The molecule has 0 saturated heterocycles. The van der Waals surface area contributed by atoms with Gasteiger partial charge in [0.05, 0.1) is 15.9 Å². The number of thiol groups is 1. The first-order valence-corrected chi connectivity index (χ1v) is 7.01. The molecular weight excluding hydrogens is 248 g/mol. The molecule has 17 heavy (non-hydrogen) atoms. The minimum absolute atomic E-state index is 0.872. The number of nitrogens with zero attached hydrogens (tertiary/aromatic N) is 1. The van der Waals surface area contributed by atoms with Gasteiger partial charge in [-0.15, -0.1) is 11.3 Å². The maximum absolute atomic E-state index is 4.59. The van der Waals surface area contributed by atoms with E-state index in [1.807, 2.05) is 6.07 Å². The average molecular weight is 260 g/mol. The van der Waals surface area contributed by atoms with E-state index in [9.17, 15) is 0 Å². The van der Waals surface area contributed by atoms with Gasteiger partial charge in [0.25, 0.3) is 0 Å². The Morgan fingerprint density at radius 1 is 1.29 bits per heavy atom. The van der Waals surface area contributed by atoms with Crippen molar-refractivity contribution in [2.24, 2.45) is 0 Å². The van der Waals surface area contributed by atoms with Gasteiger partial charge in [-0.25, -0.2) is 4.98 Å². The van der Waals surface area contributed by atoms with Gasteiger partial charge in [-0.2, -0.15) is 12.6 Å². The summed E-state index contributed by atoms with van der Waals surface area (Å²) in [6, 6.07) is 10.5. The van der Waals surface area contributed by atoms with Gasteiger partial charge < -0.3 is 4.98 Å². The quantitative estimate of drug-likeness (QED) is 0.690. The van der Waals surface area contributed by atoms with Gasteiger partial charge in [0.2, 0.25) is 0 Å². The molecule has 2 aromatic heterocycles. The Morgan fingerprint density at radius 3 is 3.00 bits per heavy atom. The molecule has 2 heterocycles. The third kappa shape index (κ3) is 2.10. The van der Waals surface area contributed by atoms with Crippen LogP contribution in [0.25, 0.3) is 21.7 Å². The molecule has 1 aromatic carbocycles. The van der Waals surface area contributed by atoms with Gasteiger partial charge in [-0.05, 0) is 41.3 Å². The van der Waals surface area contributed by atoms with Crippen LogP contribution < -0.4 is 0 Å². The van der Waals surface area contributed by atoms with Gasteiger partial charge in [-0.1, -0.05) is 12.1 Å². The Balaban J connectivity index is 2.07. The smallest absolute Gasteiger partial charge is 0.148 e. The molecule has 3 aromatic rings. The fourth-order valence-corrected chi connectivity index (χ4v) is 2.80. The summed E-state index contributed by atoms with van der Waals surface area (Å²) in [5.41, 5.74) is 3.43. The topological polar surface area (TPSA) is 28.7 Å². The van der Waals surface area contributed by atoms with Gasteiger partial charge in [0.15, 0.2) is 0 Å². The molecule has 0 radical (unpaired) electrons. The molecule has 4 heteroatoms. The Kier molecular flexibility index (Phi) is 2.91. The molecule has 0 fully saturated rings. The number of rotatable bonds is 3. The lowest BCUT2D eigenvalue weighted by atomic mass is 10.1. The van der Waals surface area contributed by atoms with Gasteiger partial charge in [-0.3, -0.25) is 0 Å². The highest BCUT2D eigenvalue weighted by Crippen LogP contribution is 2.25. The number of aromatic nitrogens is 2. The second-order valence-corrected chi connectivity index (χ2v) is 5.28. The average Bonchev–Trinajstić information content (AvgIpc) is 2.97. The molecule has 0 unspecified atom stereocenters. The molecular formula is C13H12N2S2. The Hall–Kier alpha value is -1.26. The number of benzene rings is 1. The van der Waals surface area contributed by atoms with Crippen molar-refractivity contribution in [3.8, 4) is 10.7 Å². The number of aryl methyl sites for hydroxylation is 1. The van der Waals surface area contributed by atoms with Crippen molar-refractivity contribution in [1.82, 2.24) is 9.97 Å². The van der Waals surface area contributed by atoms with Gasteiger partial charge in [0.1, 0.15) is 5.82 Å². The van der Waals surface area contributed by atoms with Gasteiger partial charge in [0, 0.05) is 0 Å². The molecule has 0 amide bonds. The summed E-state index contributed by atoms with van der Waals surface area (Å²) >= 11 is 5.96. The molecule has 0 aliphatic rings. The zero-order chi connectivity index (χ0) is 11.7. The molecule has 3 rings (SSSR count). The molecule has 0 aliphatic carbocycles. The van der Waals surface area contributed by atoms with Crippen molar-refractivity contribution in [1.29, 1.82) is 0 Å². The van der Waals surface area contributed by atoms with Crippen LogP contribution in [0.4, 0.5) is 0 Å². The number of hydrogen-bond acceptors (Lipinski definition) is 3. The van der Waals surface area contributed by atoms with Crippen LogP contribution >= 0.6 is 24.0 Å². The first-order chi connectivity index (χ1) is 8.36. The molecule has 1 N–H and O–H groups in total. The van der Waals surface area contributed by atoms with Crippen LogP contribution in [0.3, 0.4) is 0 Å². The molecule has 0 spiro atoms. The van der Waals surface area contributed by atoms with Crippen LogP contribution in [0.2, 0.25) is 0 Å². The van der Waals surface area contributed by atoms with E-state index in [1.165, 1.54) is 10.4 Å². The monoisotopic (exact) mass is 260 g/mol. The predicted octanol–water partition coefficient (Wildman–Crippen LogP) is 3.76. The normalized spacial score (nSPS) is 11.1. The summed E-state index contributed by atoms with van der Waals surface area (Å²) in [5.74, 6) is 1.83. The fourth-order valence-electron chi connectivity index (χ4n) is 1.87. The van der Waals surface area contributed by atoms with E-state index in [-0.39, 0.29) is 0 Å². The van der Waals surface area contributed by atoms with E-state index in [0.29, 0.717) is 0 Å². The van der Waals surface area contributed by atoms with Crippen LogP contribution in [0, 0.1) is 0 Å². The second-order valence-electron chi connectivity index (χ2n) is 3.89. The summed E-state index contributed by atoms with van der Waals surface area (Å²) in [5, 5.41) is 2.06. The zero-order valence-electron chi connectivity index (χ0n) is 9.18. The maximum atomic E-state index is 4.59. The molecule has 86 valence electrons.